The van der Waals surface area contributed by atoms with E-state index in [-0.39, 0.29) is 16.9 Å². The summed E-state index contributed by atoms with van der Waals surface area (Å²) in [6.07, 6.45) is 1.64. The molecule has 2 aromatic rings. The summed E-state index contributed by atoms with van der Waals surface area (Å²) < 4.78 is 15.0. The maximum absolute atomic E-state index is 14.4. The van der Waals surface area contributed by atoms with Gasteiger partial charge in [-0.25, -0.2) is 9.37 Å². The predicted molar refractivity (Wildman–Crippen MR) is 90.7 cm³/mol. The van der Waals surface area contributed by atoms with Crippen LogP contribution in [0, 0.1) is 12.7 Å². The molecular formula is C15H17BrClFN2S. The molecule has 0 spiro atoms. The van der Waals surface area contributed by atoms with E-state index >= 15 is 0 Å². The fraction of sp³-hybridized carbons (Fsp3) is 0.400. The van der Waals surface area contributed by atoms with Gasteiger partial charge in [0.25, 0.3) is 0 Å². The smallest absolute Gasteiger partial charge is 0.147 e. The van der Waals surface area contributed by atoms with Gasteiger partial charge in [-0.1, -0.05) is 24.6 Å². The van der Waals surface area contributed by atoms with E-state index in [1.54, 1.807) is 23.5 Å². The second kappa shape index (κ2) is 7.68. The fourth-order valence-corrected chi connectivity index (χ4v) is 3.24. The van der Waals surface area contributed by atoms with E-state index in [9.17, 15) is 4.39 Å². The standard InChI is InChI=1S/C15H17BrClFN2S/c1-3-6-19-13(7-10-8-21-9(2)20-10)11-4-5-12(16)14(17)15(11)18/h4-5,8,13,19H,3,6-7H2,1-2H3. The molecule has 1 unspecified atom stereocenters. The van der Waals surface area contributed by atoms with Crippen molar-refractivity contribution < 1.29 is 4.39 Å². The van der Waals surface area contributed by atoms with Crippen LogP contribution in [-0.4, -0.2) is 11.5 Å². The first kappa shape index (κ1) is 16.9. The van der Waals surface area contributed by atoms with Gasteiger partial charge in [0.05, 0.1) is 15.7 Å². The average molecular weight is 392 g/mol. The van der Waals surface area contributed by atoms with Crippen LogP contribution in [0.1, 0.15) is 35.7 Å². The third-order valence-electron chi connectivity index (χ3n) is 3.16. The molecule has 0 saturated heterocycles. The Hall–Kier alpha value is -0.490. The van der Waals surface area contributed by atoms with Crippen molar-refractivity contribution in [2.45, 2.75) is 32.7 Å². The van der Waals surface area contributed by atoms with E-state index in [4.69, 9.17) is 11.6 Å². The van der Waals surface area contributed by atoms with Gasteiger partial charge in [-0.3, -0.25) is 0 Å². The number of halogens is 3. The summed E-state index contributed by atoms with van der Waals surface area (Å²) >= 11 is 10.9. The number of benzene rings is 1. The molecule has 0 aliphatic rings. The Bertz CT molecular complexity index is 618. The van der Waals surface area contributed by atoms with Crippen molar-refractivity contribution in [3.63, 3.8) is 0 Å². The topological polar surface area (TPSA) is 24.9 Å². The SMILES string of the molecule is CCCNC(Cc1csc(C)n1)c1ccc(Br)c(Cl)c1F. The Morgan fingerprint density at radius 1 is 1.48 bits per heavy atom. The molecule has 0 aliphatic carbocycles. The molecule has 0 fully saturated rings. The molecule has 0 bridgehead atoms. The van der Waals surface area contributed by atoms with Gasteiger partial charge in [-0.2, -0.15) is 0 Å². The minimum Gasteiger partial charge on any atom is -0.310 e. The van der Waals surface area contributed by atoms with Crippen LogP contribution >= 0.6 is 38.9 Å². The summed E-state index contributed by atoms with van der Waals surface area (Å²) in [4.78, 5) is 4.47. The van der Waals surface area contributed by atoms with Gasteiger partial charge in [0.1, 0.15) is 5.82 Å². The molecule has 0 saturated carbocycles. The normalized spacial score (nSPS) is 12.6. The number of nitrogens with one attached hydrogen (secondary N) is 1. The van der Waals surface area contributed by atoms with Gasteiger partial charge in [0.2, 0.25) is 0 Å². The van der Waals surface area contributed by atoms with Gasteiger partial charge in [-0.15, -0.1) is 11.3 Å². The maximum atomic E-state index is 14.4. The van der Waals surface area contributed by atoms with Crippen molar-refractivity contribution in [3.8, 4) is 0 Å². The summed E-state index contributed by atoms with van der Waals surface area (Å²) in [5.41, 5.74) is 1.56. The van der Waals surface area contributed by atoms with Crippen LogP contribution in [0.15, 0.2) is 22.0 Å². The number of thiazole rings is 1. The summed E-state index contributed by atoms with van der Waals surface area (Å²) in [5, 5.41) is 6.56. The second-order valence-corrected chi connectivity index (χ2v) is 7.13. The predicted octanol–water partition coefficient (Wildman–Crippen LogP) is 5.29. The van der Waals surface area contributed by atoms with Gasteiger partial charge in [0.15, 0.2) is 0 Å². The number of aromatic nitrogens is 1. The first-order valence-corrected chi connectivity index (χ1v) is 8.85. The van der Waals surface area contributed by atoms with Crippen molar-refractivity contribution in [2.24, 2.45) is 0 Å². The lowest BCUT2D eigenvalue weighted by molar-refractivity contribution is 0.494. The molecule has 2 nitrogen and oxygen atoms in total. The molecule has 0 aliphatic heterocycles. The van der Waals surface area contributed by atoms with Crippen LogP contribution in [-0.2, 0) is 6.42 Å². The Morgan fingerprint density at radius 2 is 2.24 bits per heavy atom. The fourth-order valence-electron chi connectivity index (χ4n) is 2.13. The lowest BCUT2D eigenvalue weighted by Gasteiger charge is -2.19. The zero-order chi connectivity index (χ0) is 15.4. The van der Waals surface area contributed by atoms with Crippen LogP contribution in [0.2, 0.25) is 5.02 Å². The Morgan fingerprint density at radius 3 is 2.86 bits per heavy atom. The molecule has 1 aromatic carbocycles. The largest absolute Gasteiger partial charge is 0.310 e. The summed E-state index contributed by atoms with van der Waals surface area (Å²) in [5.74, 6) is -0.369. The van der Waals surface area contributed by atoms with Gasteiger partial charge in [0, 0.05) is 27.9 Å². The molecule has 1 aromatic heterocycles. The number of aryl methyl sites for hydroxylation is 1. The lowest BCUT2D eigenvalue weighted by Crippen LogP contribution is -2.25. The minimum atomic E-state index is -0.369. The molecule has 1 heterocycles. The Balaban J connectivity index is 2.29. The van der Waals surface area contributed by atoms with Crippen LogP contribution < -0.4 is 5.32 Å². The highest BCUT2D eigenvalue weighted by Gasteiger charge is 2.20. The van der Waals surface area contributed by atoms with Crippen molar-refractivity contribution in [2.75, 3.05) is 6.54 Å². The minimum absolute atomic E-state index is 0.128. The van der Waals surface area contributed by atoms with E-state index in [1.807, 2.05) is 12.3 Å². The molecule has 2 rings (SSSR count). The first-order valence-electron chi connectivity index (χ1n) is 6.80. The van der Waals surface area contributed by atoms with E-state index in [0.29, 0.717) is 16.5 Å². The van der Waals surface area contributed by atoms with Crippen molar-refractivity contribution in [1.29, 1.82) is 0 Å². The average Bonchev–Trinajstić information content (AvgIpc) is 2.87. The molecule has 0 radical (unpaired) electrons. The van der Waals surface area contributed by atoms with Crippen molar-refractivity contribution in [3.05, 3.63) is 49.1 Å². The highest BCUT2D eigenvalue weighted by molar-refractivity contribution is 9.10. The molecule has 21 heavy (non-hydrogen) atoms. The molecule has 6 heteroatoms. The molecule has 1 N–H and O–H groups in total. The number of rotatable bonds is 6. The zero-order valence-corrected chi connectivity index (χ0v) is 15.1. The molecule has 0 amide bonds. The third kappa shape index (κ3) is 4.25. The van der Waals surface area contributed by atoms with E-state index in [1.165, 1.54) is 0 Å². The number of hydrogen-bond donors (Lipinski definition) is 1. The molecule has 114 valence electrons. The van der Waals surface area contributed by atoms with Gasteiger partial charge < -0.3 is 5.32 Å². The van der Waals surface area contributed by atoms with E-state index in [0.717, 1.165) is 23.7 Å². The number of hydrogen-bond acceptors (Lipinski definition) is 3. The molecular weight excluding hydrogens is 375 g/mol. The second-order valence-electron chi connectivity index (χ2n) is 4.83. The Labute approximate surface area is 141 Å². The lowest BCUT2D eigenvalue weighted by atomic mass is 10.0. The highest BCUT2D eigenvalue weighted by Crippen LogP contribution is 2.31. The monoisotopic (exact) mass is 390 g/mol. The van der Waals surface area contributed by atoms with Crippen molar-refractivity contribution in [1.82, 2.24) is 10.3 Å². The van der Waals surface area contributed by atoms with E-state index in [2.05, 4.69) is 33.2 Å². The zero-order valence-electron chi connectivity index (χ0n) is 11.9. The van der Waals surface area contributed by atoms with Gasteiger partial charge >= 0.3 is 0 Å². The van der Waals surface area contributed by atoms with Gasteiger partial charge in [-0.05, 0) is 41.9 Å². The van der Waals surface area contributed by atoms with Crippen LogP contribution in [0.3, 0.4) is 0 Å². The number of nitrogens with zero attached hydrogens (tertiary/aromatic N) is 1. The molecule has 1 atom stereocenters. The summed E-state index contributed by atoms with van der Waals surface area (Å²) in [7, 11) is 0. The highest BCUT2D eigenvalue weighted by atomic mass is 79.9. The van der Waals surface area contributed by atoms with Crippen LogP contribution in [0.4, 0.5) is 4.39 Å². The van der Waals surface area contributed by atoms with Crippen LogP contribution in [0.25, 0.3) is 0 Å². The van der Waals surface area contributed by atoms with Crippen molar-refractivity contribution >= 4 is 38.9 Å². The summed E-state index contributed by atoms with van der Waals surface area (Å²) in [6.45, 7) is 4.88. The Kier molecular flexibility index (Phi) is 6.17. The quantitative estimate of drug-likeness (QED) is 0.677. The van der Waals surface area contributed by atoms with Crippen LogP contribution in [0.5, 0.6) is 0 Å². The summed E-state index contributed by atoms with van der Waals surface area (Å²) in [6, 6.07) is 3.43. The third-order valence-corrected chi connectivity index (χ3v) is 5.24. The maximum Gasteiger partial charge on any atom is 0.147 e. The first-order chi connectivity index (χ1) is 10.0. The van der Waals surface area contributed by atoms with E-state index < -0.39 is 0 Å².